The second-order valence-electron chi connectivity index (χ2n) is 12.2. The maximum absolute atomic E-state index is 6.71. The predicted octanol–water partition coefficient (Wildman–Crippen LogP) is 12.0. The van der Waals surface area contributed by atoms with Crippen LogP contribution in [0.4, 0.5) is 17.1 Å². The summed E-state index contributed by atoms with van der Waals surface area (Å²) in [5.74, 6) is 3.23. The molecule has 2 aliphatic rings. The molecule has 11 rings (SSSR count). The molecule has 0 atom stereocenters. The van der Waals surface area contributed by atoms with Crippen LogP contribution >= 0.6 is 0 Å². The molecule has 7 aromatic carbocycles. The van der Waals surface area contributed by atoms with Crippen LogP contribution in [0.25, 0.3) is 60.6 Å². The van der Waals surface area contributed by atoms with Gasteiger partial charge in [-0.15, -0.1) is 0 Å². The van der Waals surface area contributed by atoms with Crippen molar-refractivity contribution in [3.63, 3.8) is 0 Å². The average molecular weight is 605 g/mol. The highest BCUT2D eigenvalue weighted by Gasteiger charge is 2.32. The van der Waals surface area contributed by atoms with E-state index in [2.05, 4.69) is 113 Å². The molecule has 4 heterocycles. The first-order chi connectivity index (χ1) is 23.3. The maximum atomic E-state index is 6.71. The highest BCUT2D eigenvalue weighted by molar-refractivity contribution is 6.16. The minimum atomic E-state index is 0.779. The second kappa shape index (κ2) is 9.05. The Kier molecular flexibility index (Phi) is 4.78. The summed E-state index contributed by atoms with van der Waals surface area (Å²) in [6, 6.07) is 50.6. The fourth-order valence-electron chi connectivity index (χ4n) is 7.50. The standard InChI is InChI=1S/C42H24N2O3/c1-2-9-25(10-3-1)26-11-6-12-27(21-26)43(28-19-20-31-30-13-4-5-15-34(30)45-38(31)23-28)29-22-33-32-14-7-16-35-40(32)44-41(33)39(24-29)47-37-18-8-17-36(46-35)42(37)44/h1-24H. The topological polar surface area (TPSA) is 39.8 Å². The number of furan rings is 1. The minimum Gasteiger partial charge on any atom is -0.456 e. The SMILES string of the molecule is c1ccc(-c2cccc(N(c3ccc4c(c3)oc3ccccc34)c3cc4c5c(c3)c3cccc6c3n5-c3c(cccc3O4)O6)c2)cc1. The van der Waals surface area contributed by atoms with Crippen molar-refractivity contribution in [2.24, 2.45) is 0 Å². The Morgan fingerprint density at radius 2 is 1.09 bits per heavy atom. The molecule has 5 heteroatoms. The highest BCUT2D eigenvalue weighted by Crippen LogP contribution is 2.55. The van der Waals surface area contributed by atoms with Gasteiger partial charge in [-0.2, -0.15) is 0 Å². The Labute approximate surface area is 269 Å². The van der Waals surface area contributed by atoms with E-state index in [9.17, 15) is 0 Å². The fourth-order valence-corrected chi connectivity index (χ4v) is 7.50. The van der Waals surface area contributed by atoms with Crippen LogP contribution in [0, 0.1) is 0 Å². The Balaban J connectivity index is 1.20. The van der Waals surface area contributed by atoms with E-state index in [4.69, 9.17) is 13.9 Å². The minimum absolute atomic E-state index is 0.779. The zero-order valence-electron chi connectivity index (χ0n) is 25.0. The van der Waals surface area contributed by atoms with E-state index < -0.39 is 0 Å². The van der Waals surface area contributed by atoms with Crippen molar-refractivity contribution < 1.29 is 13.9 Å². The van der Waals surface area contributed by atoms with Gasteiger partial charge in [0.1, 0.15) is 16.9 Å². The number of benzene rings is 7. The first-order valence-electron chi connectivity index (χ1n) is 15.8. The average Bonchev–Trinajstić information content (AvgIpc) is 3.66. The lowest BCUT2D eigenvalue weighted by atomic mass is 10.0. The molecule has 0 amide bonds. The van der Waals surface area contributed by atoms with Gasteiger partial charge in [0.25, 0.3) is 0 Å². The van der Waals surface area contributed by atoms with Crippen LogP contribution in [0.1, 0.15) is 0 Å². The van der Waals surface area contributed by atoms with E-state index in [1.165, 1.54) is 0 Å². The van der Waals surface area contributed by atoms with E-state index in [1.807, 2.05) is 42.5 Å². The van der Waals surface area contributed by atoms with Crippen LogP contribution in [0.2, 0.25) is 0 Å². The summed E-state index contributed by atoms with van der Waals surface area (Å²) in [6.07, 6.45) is 0. The van der Waals surface area contributed by atoms with Gasteiger partial charge < -0.3 is 18.8 Å². The van der Waals surface area contributed by atoms with Gasteiger partial charge in [0.2, 0.25) is 0 Å². The van der Waals surface area contributed by atoms with Crippen LogP contribution in [0.5, 0.6) is 23.0 Å². The van der Waals surface area contributed by atoms with E-state index in [-0.39, 0.29) is 0 Å². The van der Waals surface area contributed by atoms with Gasteiger partial charge in [-0.25, -0.2) is 0 Å². The third-order valence-corrected chi connectivity index (χ3v) is 9.51. The molecular formula is C42H24N2O3. The van der Waals surface area contributed by atoms with E-state index in [0.717, 1.165) is 101 Å². The monoisotopic (exact) mass is 604 g/mol. The number of para-hydroxylation sites is 3. The number of nitrogens with zero attached hydrogens (tertiary/aromatic N) is 2. The first kappa shape index (κ1) is 24.8. The Hall–Kier alpha value is -6.46. The number of aromatic nitrogens is 1. The van der Waals surface area contributed by atoms with Gasteiger partial charge >= 0.3 is 0 Å². The van der Waals surface area contributed by atoms with Crippen LogP contribution < -0.4 is 14.4 Å². The number of ether oxygens (including phenoxy) is 2. The molecule has 0 fully saturated rings. The molecule has 220 valence electrons. The zero-order chi connectivity index (χ0) is 30.6. The van der Waals surface area contributed by atoms with Crippen molar-refractivity contribution in [2.75, 3.05) is 4.90 Å². The van der Waals surface area contributed by atoms with Crippen LogP contribution in [-0.4, -0.2) is 4.57 Å². The molecule has 0 spiro atoms. The molecule has 9 aromatic rings. The predicted molar refractivity (Wildman–Crippen MR) is 188 cm³/mol. The summed E-state index contributed by atoms with van der Waals surface area (Å²) in [7, 11) is 0. The second-order valence-corrected chi connectivity index (χ2v) is 12.2. The van der Waals surface area contributed by atoms with Crippen molar-refractivity contribution in [3.8, 4) is 39.8 Å². The summed E-state index contributed by atoms with van der Waals surface area (Å²) < 4.78 is 21.8. The summed E-state index contributed by atoms with van der Waals surface area (Å²) in [5.41, 5.74) is 10.1. The largest absolute Gasteiger partial charge is 0.456 e. The molecule has 0 unspecified atom stereocenters. The van der Waals surface area contributed by atoms with Crippen molar-refractivity contribution in [2.45, 2.75) is 0 Å². The fraction of sp³-hybridized carbons (Fsp3) is 0. The van der Waals surface area contributed by atoms with Crippen molar-refractivity contribution in [1.29, 1.82) is 0 Å². The van der Waals surface area contributed by atoms with Gasteiger partial charge in [0, 0.05) is 45.1 Å². The van der Waals surface area contributed by atoms with Crippen molar-refractivity contribution >= 4 is 60.8 Å². The molecule has 5 nitrogen and oxygen atoms in total. The van der Waals surface area contributed by atoms with Gasteiger partial charge in [0.15, 0.2) is 23.0 Å². The molecule has 0 bridgehead atoms. The van der Waals surface area contributed by atoms with Gasteiger partial charge in [0.05, 0.1) is 16.7 Å². The lowest BCUT2D eigenvalue weighted by molar-refractivity contribution is 0.444. The molecule has 47 heavy (non-hydrogen) atoms. The summed E-state index contributed by atoms with van der Waals surface area (Å²) in [5, 5.41) is 4.43. The zero-order valence-corrected chi connectivity index (χ0v) is 25.0. The lowest BCUT2D eigenvalue weighted by Crippen LogP contribution is -2.12. The molecule has 0 N–H and O–H groups in total. The van der Waals surface area contributed by atoms with E-state index in [1.54, 1.807) is 0 Å². The molecule has 0 radical (unpaired) electrons. The third-order valence-electron chi connectivity index (χ3n) is 9.51. The number of fused-ring (bicyclic) bond motifs is 4. The number of anilines is 3. The highest BCUT2D eigenvalue weighted by atomic mass is 16.5. The summed E-state index contributed by atoms with van der Waals surface area (Å²) in [4.78, 5) is 2.30. The summed E-state index contributed by atoms with van der Waals surface area (Å²) >= 11 is 0. The molecule has 0 saturated carbocycles. The van der Waals surface area contributed by atoms with Gasteiger partial charge in [-0.3, -0.25) is 4.57 Å². The quantitative estimate of drug-likeness (QED) is 0.200. The third kappa shape index (κ3) is 3.43. The number of rotatable bonds is 4. The van der Waals surface area contributed by atoms with Gasteiger partial charge in [-0.05, 0) is 65.7 Å². The Bertz CT molecular complexity index is 2760. The number of hydrogen-bond donors (Lipinski definition) is 0. The lowest BCUT2D eigenvalue weighted by Gasteiger charge is -2.29. The van der Waals surface area contributed by atoms with E-state index >= 15 is 0 Å². The van der Waals surface area contributed by atoms with Crippen LogP contribution in [0.15, 0.2) is 150 Å². The van der Waals surface area contributed by atoms with Crippen LogP contribution in [-0.2, 0) is 0 Å². The van der Waals surface area contributed by atoms with E-state index in [0.29, 0.717) is 0 Å². The Morgan fingerprint density at radius 1 is 0.404 bits per heavy atom. The van der Waals surface area contributed by atoms with Gasteiger partial charge in [-0.1, -0.05) is 78.9 Å². The molecule has 0 aliphatic carbocycles. The van der Waals surface area contributed by atoms with Crippen LogP contribution in [0.3, 0.4) is 0 Å². The molecular weight excluding hydrogens is 580 g/mol. The normalized spacial score (nSPS) is 12.6. The molecule has 0 saturated heterocycles. The summed E-state index contributed by atoms with van der Waals surface area (Å²) in [6.45, 7) is 0. The Morgan fingerprint density at radius 3 is 2.00 bits per heavy atom. The van der Waals surface area contributed by atoms with Crippen molar-refractivity contribution in [1.82, 2.24) is 4.57 Å². The van der Waals surface area contributed by atoms with Crippen molar-refractivity contribution in [3.05, 3.63) is 146 Å². The number of hydrogen-bond acceptors (Lipinski definition) is 4. The molecule has 2 aliphatic heterocycles. The maximum Gasteiger partial charge on any atom is 0.155 e. The smallest absolute Gasteiger partial charge is 0.155 e. The first-order valence-corrected chi connectivity index (χ1v) is 15.8. The molecule has 2 aromatic heterocycles.